The van der Waals surface area contributed by atoms with Crippen LogP contribution < -0.4 is 0 Å². The Labute approximate surface area is 358 Å². The van der Waals surface area contributed by atoms with Crippen LogP contribution in [0.25, 0.3) is 111 Å². The van der Waals surface area contributed by atoms with Crippen molar-refractivity contribution < 1.29 is 0 Å². The van der Waals surface area contributed by atoms with E-state index in [0.717, 1.165) is 66.5 Å². The van der Waals surface area contributed by atoms with Crippen molar-refractivity contribution in [2.75, 3.05) is 0 Å². The van der Waals surface area contributed by atoms with Crippen LogP contribution >= 0.6 is 0 Å². The highest BCUT2D eigenvalue weighted by Gasteiger charge is 2.23. The fraction of sp³-hybridized carbons (Fsp3) is 0. The Morgan fingerprint density at radius 1 is 0.290 bits per heavy atom. The molecule has 0 amide bonds. The monoisotopic (exact) mass is 791 g/mol. The molecule has 12 rings (SSSR count). The maximum absolute atomic E-state index is 5.29. The van der Waals surface area contributed by atoms with Gasteiger partial charge < -0.3 is 9.13 Å². The predicted octanol–water partition coefficient (Wildman–Crippen LogP) is 14.4. The van der Waals surface area contributed by atoms with E-state index in [1.807, 2.05) is 18.2 Å². The summed E-state index contributed by atoms with van der Waals surface area (Å²) in [5.41, 5.74) is 14.2. The van der Waals surface area contributed by atoms with Gasteiger partial charge >= 0.3 is 0 Å². The Morgan fingerprint density at radius 2 is 0.758 bits per heavy atom. The molecule has 5 heteroatoms. The maximum Gasteiger partial charge on any atom is 0.164 e. The zero-order valence-corrected chi connectivity index (χ0v) is 33.6. The zero-order valence-electron chi connectivity index (χ0n) is 33.6. The number of benzene rings is 9. The van der Waals surface area contributed by atoms with Gasteiger partial charge in [0.05, 0.1) is 27.8 Å². The summed E-state index contributed by atoms with van der Waals surface area (Å²) in [7, 11) is 0. The van der Waals surface area contributed by atoms with Crippen molar-refractivity contribution in [1.82, 2.24) is 24.1 Å². The van der Waals surface area contributed by atoms with Crippen molar-refractivity contribution in [3.63, 3.8) is 0 Å². The Bertz CT molecular complexity index is 3610. The van der Waals surface area contributed by atoms with E-state index in [1.54, 1.807) is 0 Å². The lowest BCUT2D eigenvalue weighted by molar-refractivity contribution is 1.08. The predicted molar refractivity (Wildman–Crippen MR) is 256 cm³/mol. The molecule has 0 aliphatic rings. The minimum atomic E-state index is 0.622. The number of rotatable bonds is 7. The van der Waals surface area contributed by atoms with Crippen LogP contribution in [0.15, 0.2) is 224 Å². The summed E-state index contributed by atoms with van der Waals surface area (Å²) in [4.78, 5) is 15.6. The van der Waals surface area contributed by atoms with Crippen LogP contribution in [0.2, 0.25) is 0 Å². The third-order valence-electron chi connectivity index (χ3n) is 12.0. The van der Waals surface area contributed by atoms with Crippen LogP contribution in [-0.4, -0.2) is 24.1 Å². The van der Waals surface area contributed by atoms with Crippen LogP contribution in [0.5, 0.6) is 0 Å². The number of hydrogen-bond acceptors (Lipinski definition) is 3. The van der Waals surface area contributed by atoms with Gasteiger partial charge in [-0.3, -0.25) is 0 Å². The molecular formula is C57H37N5. The van der Waals surface area contributed by atoms with Crippen molar-refractivity contribution in [3.05, 3.63) is 224 Å². The molecule has 3 heterocycles. The topological polar surface area (TPSA) is 48.5 Å². The highest BCUT2D eigenvalue weighted by atomic mass is 15.1. The van der Waals surface area contributed by atoms with Gasteiger partial charge in [0.2, 0.25) is 0 Å². The van der Waals surface area contributed by atoms with Crippen LogP contribution in [0, 0.1) is 0 Å². The number of fused-ring (bicyclic) bond motifs is 6. The molecule has 0 N–H and O–H groups in total. The molecule has 0 radical (unpaired) electrons. The molecule has 0 aliphatic carbocycles. The average Bonchev–Trinajstić information content (AvgIpc) is 3.88. The SMILES string of the molecule is c1ccc(-c2cccc(-c3ccc(-c4nc(-c5ccccc5)nc(-c5cccc6c5c5ccccc5n6-c5cccc6c7ccccc7n(-c7ccccc7)c56)n4)cc3)c2)cc1. The van der Waals surface area contributed by atoms with Gasteiger partial charge in [0.25, 0.3) is 0 Å². The first kappa shape index (κ1) is 35.5. The largest absolute Gasteiger partial charge is 0.307 e. The summed E-state index contributed by atoms with van der Waals surface area (Å²) < 4.78 is 4.82. The Kier molecular flexibility index (Phi) is 8.42. The molecule has 290 valence electrons. The molecule has 62 heavy (non-hydrogen) atoms. The molecule has 3 aromatic heterocycles. The van der Waals surface area contributed by atoms with Crippen LogP contribution in [0.1, 0.15) is 0 Å². The highest BCUT2D eigenvalue weighted by molar-refractivity contribution is 6.18. The van der Waals surface area contributed by atoms with Gasteiger partial charge in [0, 0.05) is 43.9 Å². The first-order chi connectivity index (χ1) is 30.8. The van der Waals surface area contributed by atoms with Crippen molar-refractivity contribution in [2.45, 2.75) is 0 Å². The fourth-order valence-electron chi connectivity index (χ4n) is 9.15. The van der Waals surface area contributed by atoms with Gasteiger partial charge in [-0.25, -0.2) is 15.0 Å². The first-order valence-corrected chi connectivity index (χ1v) is 21.0. The molecule has 0 bridgehead atoms. The average molecular weight is 792 g/mol. The highest BCUT2D eigenvalue weighted by Crippen LogP contribution is 2.42. The molecular weight excluding hydrogens is 755 g/mol. The van der Waals surface area contributed by atoms with Gasteiger partial charge in [-0.1, -0.05) is 182 Å². The zero-order chi connectivity index (χ0) is 41.0. The summed E-state index contributed by atoms with van der Waals surface area (Å²) in [5.74, 6) is 1.87. The second-order valence-corrected chi connectivity index (χ2v) is 15.6. The molecule has 0 spiro atoms. The molecule has 0 unspecified atom stereocenters. The van der Waals surface area contributed by atoms with Crippen LogP contribution in [-0.2, 0) is 0 Å². The van der Waals surface area contributed by atoms with Crippen LogP contribution in [0.3, 0.4) is 0 Å². The lowest BCUT2D eigenvalue weighted by atomic mass is 9.98. The van der Waals surface area contributed by atoms with Gasteiger partial charge in [-0.05, 0) is 64.7 Å². The third-order valence-corrected chi connectivity index (χ3v) is 12.0. The Hall–Kier alpha value is -8.41. The van der Waals surface area contributed by atoms with Crippen molar-refractivity contribution in [1.29, 1.82) is 0 Å². The molecule has 0 aliphatic heterocycles. The summed E-state index contributed by atoms with van der Waals surface area (Å²) in [6.07, 6.45) is 0. The smallest absolute Gasteiger partial charge is 0.164 e. The molecule has 5 nitrogen and oxygen atoms in total. The summed E-state index contributed by atoms with van der Waals surface area (Å²) >= 11 is 0. The number of aromatic nitrogens is 5. The van der Waals surface area contributed by atoms with Crippen molar-refractivity contribution in [2.24, 2.45) is 0 Å². The molecule has 12 aromatic rings. The van der Waals surface area contributed by atoms with E-state index in [1.165, 1.54) is 27.4 Å². The van der Waals surface area contributed by atoms with Crippen LogP contribution in [0.4, 0.5) is 0 Å². The number of nitrogens with zero attached hydrogens (tertiary/aromatic N) is 5. The lowest BCUT2D eigenvalue weighted by Gasteiger charge is -2.14. The third kappa shape index (κ3) is 5.90. The van der Waals surface area contributed by atoms with Gasteiger partial charge in [0.15, 0.2) is 17.5 Å². The van der Waals surface area contributed by atoms with E-state index in [-0.39, 0.29) is 0 Å². The minimum absolute atomic E-state index is 0.622. The molecule has 0 saturated carbocycles. The summed E-state index contributed by atoms with van der Waals surface area (Å²) in [6.45, 7) is 0. The lowest BCUT2D eigenvalue weighted by Crippen LogP contribution is -2.01. The van der Waals surface area contributed by atoms with E-state index in [9.17, 15) is 0 Å². The first-order valence-electron chi connectivity index (χ1n) is 21.0. The normalized spacial score (nSPS) is 11.5. The quantitative estimate of drug-likeness (QED) is 0.162. The fourth-order valence-corrected chi connectivity index (χ4v) is 9.15. The van der Waals surface area contributed by atoms with Gasteiger partial charge in [-0.2, -0.15) is 0 Å². The van der Waals surface area contributed by atoms with Crippen molar-refractivity contribution >= 4 is 43.6 Å². The van der Waals surface area contributed by atoms with E-state index in [2.05, 4.69) is 215 Å². The maximum atomic E-state index is 5.29. The van der Waals surface area contributed by atoms with Gasteiger partial charge in [0.1, 0.15) is 0 Å². The van der Waals surface area contributed by atoms with E-state index in [4.69, 9.17) is 15.0 Å². The second kappa shape index (κ2) is 14.7. The van der Waals surface area contributed by atoms with E-state index < -0.39 is 0 Å². The summed E-state index contributed by atoms with van der Waals surface area (Å²) in [5, 5.41) is 4.64. The van der Waals surface area contributed by atoms with E-state index >= 15 is 0 Å². The number of hydrogen-bond donors (Lipinski definition) is 0. The number of para-hydroxylation sites is 4. The standard InChI is InChI=1S/C57H37N5/c1-4-17-38(18-5-1)42-21-14-22-43(37-42)39-33-35-41(36-34-39)56-58-55(40-19-6-2-7-20-40)59-57(60-56)48-28-16-31-51-53(48)47-26-11-13-30-50(47)62(51)52-32-15-27-46-45-25-10-12-29-49(45)61(54(46)52)44-23-8-3-9-24-44/h1-37H. The minimum Gasteiger partial charge on any atom is -0.307 e. The molecule has 9 aromatic carbocycles. The van der Waals surface area contributed by atoms with E-state index in [0.29, 0.717) is 17.5 Å². The Morgan fingerprint density at radius 3 is 1.47 bits per heavy atom. The van der Waals surface area contributed by atoms with Crippen molar-refractivity contribution in [3.8, 4) is 67.8 Å². The molecule has 0 fully saturated rings. The summed E-state index contributed by atoms with van der Waals surface area (Å²) in [6, 6.07) is 79.2. The van der Waals surface area contributed by atoms with Gasteiger partial charge in [-0.15, -0.1) is 0 Å². The second-order valence-electron chi connectivity index (χ2n) is 15.6. The molecule has 0 saturated heterocycles. The Balaban J connectivity index is 1.05. The molecule has 0 atom stereocenters.